The van der Waals surface area contributed by atoms with Gasteiger partial charge in [0.1, 0.15) is 11.8 Å². The van der Waals surface area contributed by atoms with Gasteiger partial charge >= 0.3 is 0 Å². The minimum absolute atomic E-state index is 0.0946. The first-order valence-electron chi connectivity index (χ1n) is 9.98. The summed E-state index contributed by atoms with van der Waals surface area (Å²) in [6.45, 7) is 3.36. The van der Waals surface area contributed by atoms with Crippen LogP contribution in [0.25, 0.3) is 0 Å². The third kappa shape index (κ3) is 6.36. The Morgan fingerprint density at radius 2 is 1.94 bits per heavy atom. The van der Waals surface area contributed by atoms with Crippen molar-refractivity contribution in [2.75, 3.05) is 13.4 Å². The van der Waals surface area contributed by atoms with Gasteiger partial charge in [-0.15, -0.1) is 0 Å². The second-order valence-corrected chi connectivity index (χ2v) is 7.87. The molecule has 0 bridgehead atoms. The third-order valence-corrected chi connectivity index (χ3v) is 4.83. The zero-order chi connectivity index (χ0) is 24.0. The van der Waals surface area contributed by atoms with E-state index in [1.54, 1.807) is 50.2 Å². The molecule has 1 aliphatic heterocycles. The Morgan fingerprint density at radius 3 is 2.67 bits per heavy atom. The van der Waals surface area contributed by atoms with Crippen molar-refractivity contribution in [3.05, 3.63) is 52.5 Å². The molecule has 0 spiro atoms. The van der Waals surface area contributed by atoms with Crippen LogP contribution in [-0.4, -0.2) is 43.4 Å². The van der Waals surface area contributed by atoms with E-state index in [1.807, 2.05) is 0 Å². The molecular weight excluding hydrogens is 452 g/mol. The lowest BCUT2D eigenvalue weighted by molar-refractivity contribution is -0.124. The van der Waals surface area contributed by atoms with Gasteiger partial charge in [0.15, 0.2) is 18.1 Å². The summed E-state index contributed by atoms with van der Waals surface area (Å²) in [5.41, 5.74) is 8.26. The van der Waals surface area contributed by atoms with Crippen LogP contribution in [0.3, 0.4) is 0 Å². The van der Waals surface area contributed by atoms with Gasteiger partial charge in [-0.2, -0.15) is 5.10 Å². The monoisotopic (exact) mass is 474 g/mol. The van der Waals surface area contributed by atoms with Crippen molar-refractivity contribution in [3.63, 3.8) is 0 Å². The Kier molecular flexibility index (Phi) is 7.73. The molecule has 3 rings (SSSR count). The van der Waals surface area contributed by atoms with E-state index < -0.39 is 23.8 Å². The predicted molar refractivity (Wildman–Crippen MR) is 121 cm³/mol. The predicted octanol–water partition coefficient (Wildman–Crippen LogP) is 1.84. The van der Waals surface area contributed by atoms with E-state index in [1.165, 1.54) is 6.21 Å². The first-order chi connectivity index (χ1) is 15.7. The number of halogens is 1. The Labute approximate surface area is 195 Å². The van der Waals surface area contributed by atoms with E-state index in [-0.39, 0.29) is 19.3 Å². The van der Waals surface area contributed by atoms with Gasteiger partial charge in [0, 0.05) is 16.1 Å². The fraction of sp³-hybridized carbons (Fsp3) is 0.273. The zero-order valence-electron chi connectivity index (χ0n) is 18.0. The van der Waals surface area contributed by atoms with E-state index in [9.17, 15) is 14.4 Å². The van der Waals surface area contributed by atoms with E-state index in [0.717, 1.165) is 0 Å². The maximum atomic E-state index is 12.7. The highest BCUT2D eigenvalue weighted by molar-refractivity contribution is 6.30. The zero-order valence-corrected chi connectivity index (χ0v) is 18.7. The van der Waals surface area contributed by atoms with Crippen LogP contribution >= 0.6 is 11.6 Å². The molecule has 2 aromatic rings. The molecule has 0 aromatic heterocycles. The average Bonchev–Trinajstić information content (AvgIpc) is 3.24. The fourth-order valence-electron chi connectivity index (χ4n) is 2.93. The van der Waals surface area contributed by atoms with E-state index in [0.29, 0.717) is 33.4 Å². The maximum absolute atomic E-state index is 12.7. The number of ether oxygens (including phenoxy) is 3. The summed E-state index contributed by atoms with van der Waals surface area (Å²) >= 11 is 6.00. The van der Waals surface area contributed by atoms with Gasteiger partial charge in [-0.3, -0.25) is 14.4 Å². The highest BCUT2D eigenvalue weighted by Crippen LogP contribution is 2.32. The standard InChI is InChI=1S/C22H23ClN4O6/c1-12(2)20(26-21(29)13-3-5-17-18(8-13)33-11-32-17)22(30)27-25-9-14-7-15(23)4-6-16(14)31-10-19(24)28/h3-9,12,20H,10-11H2,1-2H3,(H2,24,28)(H,26,29)(H,27,30)/b25-9+/t20-/m0/s1. The molecule has 33 heavy (non-hydrogen) atoms. The SMILES string of the molecule is CC(C)[C@H](NC(=O)c1ccc2c(c1)OCO2)C(=O)N/N=C/c1cc(Cl)ccc1OCC(N)=O. The number of hydrogen-bond acceptors (Lipinski definition) is 7. The highest BCUT2D eigenvalue weighted by atomic mass is 35.5. The topological polar surface area (TPSA) is 141 Å². The number of benzene rings is 2. The molecule has 0 unspecified atom stereocenters. The number of carbonyl (C=O) groups is 3. The van der Waals surface area contributed by atoms with Gasteiger partial charge in [0.25, 0.3) is 17.7 Å². The molecule has 1 aliphatic rings. The number of hydrazone groups is 1. The van der Waals surface area contributed by atoms with Crippen LogP contribution in [0.4, 0.5) is 0 Å². The number of amides is 3. The Bertz CT molecular complexity index is 1090. The lowest BCUT2D eigenvalue weighted by Crippen LogP contribution is -2.48. The van der Waals surface area contributed by atoms with Gasteiger partial charge in [0.2, 0.25) is 6.79 Å². The van der Waals surface area contributed by atoms with Crippen LogP contribution in [0.2, 0.25) is 5.02 Å². The fourth-order valence-corrected chi connectivity index (χ4v) is 3.11. The Balaban J connectivity index is 1.66. The van der Waals surface area contributed by atoms with Gasteiger partial charge in [-0.25, -0.2) is 5.43 Å². The molecule has 0 radical (unpaired) electrons. The molecule has 1 heterocycles. The van der Waals surface area contributed by atoms with Crippen molar-refractivity contribution in [1.29, 1.82) is 0 Å². The van der Waals surface area contributed by atoms with Crippen molar-refractivity contribution >= 4 is 35.5 Å². The van der Waals surface area contributed by atoms with Crippen molar-refractivity contribution in [2.45, 2.75) is 19.9 Å². The summed E-state index contributed by atoms with van der Waals surface area (Å²) in [5.74, 6) is -0.487. The number of nitrogens with one attached hydrogen (secondary N) is 2. The van der Waals surface area contributed by atoms with Crippen molar-refractivity contribution in [3.8, 4) is 17.2 Å². The number of nitrogens with two attached hydrogens (primary N) is 1. The summed E-state index contributed by atoms with van der Waals surface area (Å²) in [6, 6.07) is 8.60. The third-order valence-electron chi connectivity index (χ3n) is 4.59. The van der Waals surface area contributed by atoms with E-state index in [2.05, 4.69) is 15.8 Å². The lowest BCUT2D eigenvalue weighted by atomic mass is 10.0. The second-order valence-electron chi connectivity index (χ2n) is 7.43. The number of carbonyl (C=O) groups excluding carboxylic acids is 3. The van der Waals surface area contributed by atoms with E-state index in [4.69, 9.17) is 31.5 Å². The number of fused-ring (bicyclic) bond motifs is 1. The number of hydrogen-bond donors (Lipinski definition) is 3. The van der Waals surface area contributed by atoms with Gasteiger partial charge in [0.05, 0.1) is 6.21 Å². The number of rotatable bonds is 9. The molecule has 11 heteroatoms. The summed E-state index contributed by atoms with van der Waals surface area (Å²) in [6.07, 6.45) is 1.32. The van der Waals surface area contributed by atoms with Crippen LogP contribution in [0.15, 0.2) is 41.5 Å². The molecule has 1 atom stereocenters. The van der Waals surface area contributed by atoms with Crippen molar-refractivity contribution in [2.24, 2.45) is 16.8 Å². The van der Waals surface area contributed by atoms with Crippen molar-refractivity contribution < 1.29 is 28.6 Å². The molecule has 0 saturated heterocycles. The van der Waals surface area contributed by atoms with Crippen LogP contribution in [0, 0.1) is 5.92 Å². The Hall–Kier alpha value is -3.79. The van der Waals surface area contributed by atoms with Gasteiger partial charge < -0.3 is 25.3 Å². The van der Waals surface area contributed by atoms with E-state index >= 15 is 0 Å². The second kappa shape index (κ2) is 10.7. The number of primary amides is 1. The molecule has 4 N–H and O–H groups in total. The summed E-state index contributed by atoms with van der Waals surface area (Å²) in [7, 11) is 0. The molecule has 2 aromatic carbocycles. The molecule has 3 amide bonds. The summed E-state index contributed by atoms with van der Waals surface area (Å²) in [5, 5.41) is 7.05. The molecule has 0 fully saturated rings. The lowest BCUT2D eigenvalue weighted by Gasteiger charge is -2.20. The van der Waals surface area contributed by atoms with Crippen LogP contribution in [0.1, 0.15) is 29.8 Å². The Morgan fingerprint density at radius 1 is 1.18 bits per heavy atom. The minimum Gasteiger partial charge on any atom is -0.483 e. The van der Waals surface area contributed by atoms with Gasteiger partial charge in [-0.1, -0.05) is 25.4 Å². The molecule has 10 nitrogen and oxygen atoms in total. The molecule has 174 valence electrons. The highest BCUT2D eigenvalue weighted by Gasteiger charge is 2.25. The quantitative estimate of drug-likeness (QED) is 0.374. The first kappa shape index (κ1) is 23.9. The largest absolute Gasteiger partial charge is 0.483 e. The van der Waals surface area contributed by atoms with Crippen LogP contribution < -0.4 is 30.7 Å². The summed E-state index contributed by atoms with van der Waals surface area (Å²) < 4.78 is 15.8. The van der Waals surface area contributed by atoms with Crippen LogP contribution in [0.5, 0.6) is 17.2 Å². The molecule has 0 aliphatic carbocycles. The summed E-state index contributed by atoms with van der Waals surface area (Å²) in [4.78, 5) is 36.3. The maximum Gasteiger partial charge on any atom is 0.262 e. The van der Waals surface area contributed by atoms with Crippen molar-refractivity contribution in [1.82, 2.24) is 10.7 Å². The van der Waals surface area contributed by atoms with Gasteiger partial charge in [-0.05, 0) is 42.3 Å². The average molecular weight is 475 g/mol. The number of nitrogens with zero attached hydrogens (tertiary/aromatic N) is 1. The normalized spacial score (nSPS) is 13.1. The first-order valence-corrected chi connectivity index (χ1v) is 10.4. The molecule has 0 saturated carbocycles. The molecular formula is C22H23ClN4O6. The van der Waals surface area contributed by atoms with Crippen LogP contribution in [-0.2, 0) is 9.59 Å². The smallest absolute Gasteiger partial charge is 0.262 e. The minimum atomic E-state index is -0.856.